The van der Waals surface area contributed by atoms with Gasteiger partial charge in [0, 0.05) is 12.7 Å². The number of hydrogen-bond donors (Lipinski definition) is 1. The molecule has 6 heteroatoms. The van der Waals surface area contributed by atoms with Crippen LogP contribution in [0.1, 0.15) is 12.8 Å². The smallest absolute Gasteiger partial charge is 0.243 e. The van der Waals surface area contributed by atoms with Crippen LogP contribution in [0.15, 0.2) is 22.8 Å². The minimum atomic E-state index is 0.687. The third-order valence-corrected chi connectivity index (χ3v) is 3.25. The van der Waals surface area contributed by atoms with E-state index >= 15 is 0 Å². The highest BCUT2D eigenvalue weighted by Gasteiger charge is 2.05. The molecule has 2 aromatic heterocycles. The minimum absolute atomic E-state index is 0.687. The summed E-state index contributed by atoms with van der Waals surface area (Å²) in [5.41, 5.74) is 0.841. The fourth-order valence-corrected chi connectivity index (χ4v) is 2.12. The molecule has 0 atom stereocenters. The lowest BCUT2D eigenvalue weighted by Crippen LogP contribution is -2.14. The van der Waals surface area contributed by atoms with Crippen molar-refractivity contribution in [1.29, 1.82) is 0 Å². The summed E-state index contributed by atoms with van der Waals surface area (Å²) in [6.07, 6.45) is 4.19. The zero-order valence-corrected chi connectivity index (χ0v) is 12.3. The molecule has 18 heavy (non-hydrogen) atoms. The van der Waals surface area contributed by atoms with E-state index < -0.39 is 0 Å². The molecule has 0 saturated heterocycles. The van der Waals surface area contributed by atoms with Crippen molar-refractivity contribution in [3.05, 3.63) is 22.8 Å². The topological polar surface area (TPSA) is 45.5 Å². The standard InChI is InChI=1S/C12H18BrN5/c1-17(2)8-4-3-7-14-12-15-11-10(13)6-5-9-18(11)16-12/h5-6,9H,3-4,7-8H2,1-2H3,(H,14,16). The van der Waals surface area contributed by atoms with Gasteiger partial charge in [0.15, 0.2) is 5.65 Å². The van der Waals surface area contributed by atoms with Gasteiger partial charge < -0.3 is 10.2 Å². The molecule has 0 unspecified atom stereocenters. The van der Waals surface area contributed by atoms with Crippen molar-refractivity contribution in [2.24, 2.45) is 0 Å². The summed E-state index contributed by atoms with van der Waals surface area (Å²) in [5.74, 6) is 0.687. The first-order valence-electron chi connectivity index (χ1n) is 6.06. The molecule has 0 radical (unpaired) electrons. The van der Waals surface area contributed by atoms with Crippen LogP contribution in [0.4, 0.5) is 5.95 Å². The largest absolute Gasteiger partial charge is 0.353 e. The molecule has 0 aliphatic heterocycles. The SMILES string of the molecule is CN(C)CCCCNc1nc2c(Br)cccn2n1. The van der Waals surface area contributed by atoms with Gasteiger partial charge in [-0.1, -0.05) is 0 Å². The summed E-state index contributed by atoms with van der Waals surface area (Å²) in [4.78, 5) is 6.62. The number of rotatable bonds is 6. The van der Waals surface area contributed by atoms with E-state index in [0.717, 1.165) is 29.6 Å². The van der Waals surface area contributed by atoms with Crippen molar-refractivity contribution in [3.63, 3.8) is 0 Å². The normalized spacial score (nSPS) is 11.3. The van der Waals surface area contributed by atoms with Crippen LogP contribution in [0.5, 0.6) is 0 Å². The van der Waals surface area contributed by atoms with Gasteiger partial charge in [0.05, 0.1) is 4.47 Å². The van der Waals surface area contributed by atoms with E-state index in [-0.39, 0.29) is 0 Å². The average molecular weight is 312 g/mol. The van der Waals surface area contributed by atoms with Crippen molar-refractivity contribution in [2.75, 3.05) is 32.5 Å². The Morgan fingerprint density at radius 1 is 1.39 bits per heavy atom. The molecule has 2 aromatic rings. The van der Waals surface area contributed by atoms with Crippen LogP contribution in [0, 0.1) is 0 Å². The first kappa shape index (κ1) is 13.3. The van der Waals surface area contributed by atoms with Crippen molar-refractivity contribution < 1.29 is 0 Å². The summed E-state index contributed by atoms with van der Waals surface area (Å²) < 4.78 is 2.73. The van der Waals surface area contributed by atoms with Crippen molar-refractivity contribution >= 4 is 27.5 Å². The number of pyridine rings is 1. The summed E-state index contributed by atoms with van der Waals surface area (Å²) in [7, 11) is 4.18. The number of fused-ring (bicyclic) bond motifs is 1. The predicted molar refractivity (Wildman–Crippen MR) is 77.0 cm³/mol. The third-order valence-electron chi connectivity index (χ3n) is 2.63. The molecule has 2 heterocycles. The first-order chi connectivity index (χ1) is 8.66. The van der Waals surface area contributed by atoms with Crippen molar-refractivity contribution in [3.8, 4) is 0 Å². The van der Waals surface area contributed by atoms with E-state index in [4.69, 9.17) is 0 Å². The molecular formula is C12H18BrN5. The Hall–Kier alpha value is -1.14. The number of hydrogen-bond acceptors (Lipinski definition) is 4. The molecule has 98 valence electrons. The Kier molecular flexibility index (Phi) is 4.54. The van der Waals surface area contributed by atoms with Gasteiger partial charge in [-0.2, -0.15) is 4.98 Å². The Morgan fingerprint density at radius 2 is 2.22 bits per heavy atom. The van der Waals surface area contributed by atoms with E-state index in [9.17, 15) is 0 Å². The molecule has 0 fully saturated rings. The Labute approximate surface area is 115 Å². The number of nitrogens with one attached hydrogen (secondary N) is 1. The van der Waals surface area contributed by atoms with Crippen LogP contribution in [0.25, 0.3) is 5.65 Å². The predicted octanol–water partition coefficient (Wildman–Crippen LogP) is 2.25. The maximum absolute atomic E-state index is 4.43. The molecule has 0 saturated carbocycles. The Bertz CT molecular complexity index is 508. The molecule has 1 N–H and O–H groups in total. The molecule has 2 rings (SSSR count). The van der Waals surface area contributed by atoms with Gasteiger partial charge in [-0.05, 0) is 61.5 Å². The lowest BCUT2D eigenvalue weighted by Gasteiger charge is -2.08. The molecule has 0 amide bonds. The van der Waals surface area contributed by atoms with Crippen LogP contribution in [-0.4, -0.2) is 46.7 Å². The van der Waals surface area contributed by atoms with Crippen LogP contribution in [0.2, 0.25) is 0 Å². The van der Waals surface area contributed by atoms with Gasteiger partial charge >= 0.3 is 0 Å². The fourth-order valence-electron chi connectivity index (χ4n) is 1.70. The summed E-state index contributed by atoms with van der Waals surface area (Å²) >= 11 is 3.46. The number of halogens is 1. The molecule has 0 aliphatic rings. The zero-order chi connectivity index (χ0) is 13.0. The lowest BCUT2D eigenvalue weighted by molar-refractivity contribution is 0.396. The molecule has 0 aromatic carbocycles. The highest BCUT2D eigenvalue weighted by molar-refractivity contribution is 9.10. The Balaban J connectivity index is 1.87. The van der Waals surface area contributed by atoms with Crippen molar-refractivity contribution in [1.82, 2.24) is 19.5 Å². The minimum Gasteiger partial charge on any atom is -0.353 e. The lowest BCUT2D eigenvalue weighted by atomic mass is 10.3. The molecule has 5 nitrogen and oxygen atoms in total. The van der Waals surface area contributed by atoms with Crippen LogP contribution >= 0.6 is 15.9 Å². The van der Waals surface area contributed by atoms with E-state index in [1.165, 1.54) is 6.42 Å². The quantitative estimate of drug-likeness (QED) is 0.831. The summed E-state index contributed by atoms with van der Waals surface area (Å²) in [6, 6.07) is 3.90. The van der Waals surface area contributed by atoms with Gasteiger partial charge in [0.1, 0.15) is 0 Å². The highest BCUT2D eigenvalue weighted by Crippen LogP contribution is 2.16. The molecule has 0 spiro atoms. The number of anilines is 1. The molecule has 0 aliphatic carbocycles. The molecular weight excluding hydrogens is 294 g/mol. The summed E-state index contributed by atoms with van der Waals surface area (Å²) in [6.45, 7) is 2.02. The van der Waals surface area contributed by atoms with Gasteiger partial charge in [0.25, 0.3) is 0 Å². The highest BCUT2D eigenvalue weighted by atomic mass is 79.9. The van der Waals surface area contributed by atoms with E-state index in [2.05, 4.69) is 50.3 Å². The monoisotopic (exact) mass is 311 g/mol. The van der Waals surface area contributed by atoms with Crippen LogP contribution < -0.4 is 5.32 Å². The van der Waals surface area contributed by atoms with E-state index in [1.54, 1.807) is 4.52 Å². The second-order valence-corrected chi connectivity index (χ2v) is 5.35. The number of aromatic nitrogens is 3. The second kappa shape index (κ2) is 6.15. The second-order valence-electron chi connectivity index (χ2n) is 4.50. The fraction of sp³-hybridized carbons (Fsp3) is 0.500. The maximum atomic E-state index is 4.43. The zero-order valence-electron chi connectivity index (χ0n) is 10.7. The number of unbranched alkanes of at least 4 members (excludes halogenated alkanes) is 1. The maximum Gasteiger partial charge on any atom is 0.243 e. The molecule has 0 bridgehead atoms. The third kappa shape index (κ3) is 3.43. The van der Waals surface area contributed by atoms with Gasteiger partial charge in [0.2, 0.25) is 5.95 Å². The van der Waals surface area contributed by atoms with Crippen LogP contribution in [0.3, 0.4) is 0 Å². The number of nitrogens with zero attached hydrogens (tertiary/aromatic N) is 4. The van der Waals surface area contributed by atoms with Crippen LogP contribution in [-0.2, 0) is 0 Å². The van der Waals surface area contributed by atoms with Gasteiger partial charge in [-0.25, -0.2) is 4.52 Å². The van der Waals surface area contributed by atoms with Crippen molar-refractivity contribution in [2.45, 2.75) is 12.8 Å². The average Bonchev–Trinajstić information content (AvgIpc) is 2.72. The van der Waals surface area contributed by atoms with Gasteiger partial charge in [-0.3, -0.25) is 0 Å². The Morgan fingerprint density at radius 3 is 2.94 bits per heavy atom. The van der Waals surface area contributed by atoms with Gasteiger partial charge in [-0.15, -0.1) is 5.10 Å². The summed E-state index contributed by atoms with van der Waals surface area (Å²) in [5, 5.41) is 7.61. The van der Waals surface area contributed by atoms with E-state index in [0.29, 0.717) is 5.95 Å². The first-order valence-corrected chi connectivity index (χ1v) is 6.85. The van der Waals surface area contributed by atoms with E-state index in [1.807, 2.05) is 18.3 Å².